The molecule has 0 bridgehead atoms. The average molecular weight is 686 g/mol. The number of nitrogens with zero attached hydrogens (tertiary/aromatic N) is 1. The summed E-state index contributed by atoms with van der Waals surface area (Å²) in [4.78, 5) is 102. The van der Waals surface area contributed by atoms with E-state index in [2.05, 4.69) is 21.3 Å². The molecule has 49 heavy (non-hydrogen) atoms. The van der Waals surface area contributed by atoms with Crippen molar-refractivity contribution in [2.75, 3.05) is 6.54 Å². The fourth-order valence-corrected chi connectivity index (χ4v) is 6.39. The summed E-state index contributed by atoms with van der Waals surface area (Å²) in [5, 5.41) is 29.0. The summed E-state index contributed by atoms with van der Waals surface area (Å²) in [5.41, 5.74) is 2.26. The van der Waals surface area contributed by atoms with Gasteiger partial charge in [0, 0.05) is 31.8 Å². The van der Waals surface area contributed by atoms with Crippen molar-refractivity contribution in [3.05, 3.63) is 35.4 Å². The predicted octanol–water partition coefficient (Wildman–Crippen LogP) is 0.326. The highest BCUT2D eigenvalue weighted by atomic mass is 16.4. The van der Waals surface area contributed by atoms with Crippen molar-refractivity contribution >= 4 is 47.8 Å². The van der Waals surface area contributed by atoms with E-state index in [-0.39, 0.29) is 43.4 Å². The van der Waals surface area contributed by atoms with Crippen LogP contribution in [-0.4, -0.2) is 99.6 Å². The Hall–Kier alpha value is -4.82. The van der Waals surface area contributed by atoms with E-state index in [1.54, 1.807) is 6.92 Å². The summed E-state index contributed by atoms with van der Waals surface area (Å²) >= 11 is 0. The molecule has 5 amide bonds. The van der Waals surface area contributed by atoms with Crippen LogP contribution in [0, 0.1) is 11.8 Å². The molecule has 0 aromatic heterocycles. The number of amides is 5. The van der Waals surface area contributed by atoms with Crippen molar-refractivity contribution in [2.45, 2.75) is 109 Å². The lowest BCUT2D eigenvalue weighted by molar-refractivity contribution is -0.144. The second-order valence-corrected chi connectivity index (χ2v) is 12.9. The molecule has 1 aromatic carbocycles. The van der Waals surface area contributed by atoms with Crippen LogP contribution in [0.3, 0.4) is 0 Å². The second-order valence-electron chi connectivity index (χ2n) is 12.9. The van der Waals surface area contributed by atoms with Gasteiger partial charge in [0.2, 0.25) is 29.5 Å². The number of fused-ring (bicyclic) bond motifs is 1. The number of rotatable bonds is 16. The summed E-state index contributed by atoms with van der Waals surface area (Å²) in [6.45, 7) is 4.61. The van der Waals surface area contributed by atoms with Crippen molar-refractivity contribution in [1.82, 2.24) is 26.2 Å². The molecule has 6 N–H and O–H groups in total. The number of carboxylic acid groups (broad SMARTS) is 2. The van der Waals surface area contributed by atoms with Crippen molar-refractivity contribution in [1.29, 1.82) is 0 Å². The normalized spacial score (nSPS) is 21.0. The van der Waals surface area contributed by atoms with Gasteiger partial charge in [0.1, 0.15) is 24.4 Å². The Kier molecular flexibility index (Phi) is 14.3. The molecule has 15 nitrogen and oxygen atoms in total. The molecular weight excluding hydrogens is 638 g/mol. The zero-order chi connectivity index (χ0) is 36.2. The standard InChI is InChI=1S/C34H47N5O10/c1-4-19(2)30(35-20(3)41)33(48)38-26(12-13-28(42)43)34(49)39-17-24(15-27(39)32(47)37-25(18-40)16-29(44)45)36-31(46)23-11-7-10-21-8-5-6-9-22(21)14-23/h5-6,8-9,18-19,23-27,30H,4,7,10-17H2,1-3H3,(H,35,41)(H,36,46)(H,37,47)(H,38,48)(H,42,43)(H,44,45)/t19-,23?,24+,25-,26-,27-,30-/m0/s1. The molecule has 1 aliphatic heterocycles. The van der Waals surface area contributed by atoms with Crippen LogP contribution in [0.2, 0.25) is 0 Å². The average Bonchev–Trinajstić information content (AvgIpc) is 3.34. The van der Waals surface area contributed by atoms with Crippen molar-refractivity contribution < 1.29 is 48.6 Å². The van der Waals surface area contributed by atoms with E-state index in [4.69, 9.17) is 5.11 Å². The van der Waals surface area contributed by atoms with Gasteiger partial charge in [-0.25, -0.2) is 0 Å². The van der Waals surface area contributed by atoms with Gasteiger partial charge in [-0.05, 0) is 55.6 Å². The van der Waals surface area contributed by atoms with Crippen LogP contribution in [-0.2, 0) is 51.2 Å². The highest BCUT2D eigenvalue weighted by Crippen LogP contribution is 2.26. The number of aliphatic carboxylic acids is 2. The van der Waals surface area contributed by atoms with Gasteiger partial charge in [-0.2, -0.15) is 0 Å². The number of aryl methyl sites for hydroxylation is 1. The summed E-state index contributed by atoms with van der Waals surface area (Å²) in [6, 6.07) is 2.06. The van der Waals surface area contributed by atoms with E-state index >= 15 is 0 Å². The highest BCUT2D eigenvalue weighted by Gasteiger charge is 2.44. The molecular formula is C34H47N5O10. The Morgan fingerprint density at radius 2 is 1.67 bits per heavy atom. The first-order valence-corrected chi connectivity index (χ1v) is 16.7. The maximum atomic E-state index is 14.1. The van der Waals surface area contributed by atoms with Gasteiger partial charge in [0.15, 0.2) is 0 Å². The molecule has 1 saturated heterocycles. The Bertz CT molecular complexity index is 1420. The Labute approximate surface area is 284 Å². The molecule has 268 valence electrons. The fourth-order valence-electron chi connectivity index (χ4n) is 6.39. The summed E-state index contributed by atoms with van der Waals surface area (Å²) < 4.78 is 0. The summed E-state index contributed by atoms with van der Waals surface area (Å²) in [7, 11) is 0. The topological polar surface area (TPSA) is 228 Å². The van der Waals surface area contributed by atoms with Crippen LogP contribution < -0.4 is 21.3 Å². The van der Waals surface area contributed by atoms with Crippen molar-refractivity contribution in [3.8, 4) is 0 Å². The van der Waals surface area contributed by atoms with E-state index in [9.17, 15) is 43.5 Å². The first-order valence-electron chi connectivity index (χ1n) is 16.7. The SMILES string of the molecule is CC[C@H](C)[C@H](NC(C)=O)C(=O)N[C@@H](CCC(=O)O)C(=O)N1C[C@H](NC(=O)C2CCCc3ccccc3C2)C[C@H]1C(=O)N[C@H](C=O)CC(=O)O. The maximum Gasteiger partial charge on any atom is 0.305 e. The van der Waals surface area contributed by atoms with Crippen LogP contribution in [0.25, 0.3) is 0 Å². The molecule has 1 fully saturated rings. The zero-order valence-corrected chi connectivity index (χ0v) is 28.1. The number of nitrogens with one attached hydrogen (secondary N) is 4. The first kappa shape index (κ1) is 38.6. The van der Waals surface area contributed by atoms with Gasteiger partial charge in [0.25, 0.3) is 0 Å². The molecule has 1 aromatic rings. The maximum absolute atomic E-state index is 14.1. The minimum Gasteiger partial charge on any atom is -0.481 e. The van der Waals surface area contributed by atoms with E-state index in [1.165, 1.54) is 12.5 Å². The smallest absolute Gasteiger partial charge is 0.305 e. The number of benzene rings is 1. The quantitative estimate of drug-likeness (QED) is 0.103. The van der Waals surface area contributed by atoms with Gasteiger partial charge in [0.05, 0.1) is 12.5 Å². The molecule has 0 spiro atoms. The fraction of sp³-hybridized carbons (Fsp3) is 0.588. The third-order valence-electron chi connectivity index (χ3n) is 9.19. The van der Waals surface area contributed by atoms with E-state index < -0.39 is 78.6 Å². The van der Waals surface area contributed by atoms with E-state index in [0.29, 0.717) is 19.3 Å². The third kappa shape index (κ3) is 11.1. The van der Waals surface area contributed by atoms with Gasteiger partial charge >= 0.3 is 11.9 Å². The summed E-state index contributed by atoms with van der Waals surface area (Å²) in [6.07, 6.45) is 1.93. The molecule has 0 saturated carbocycles. The lowest BCUT2D eigenvalue weighted by Gasteiger charge is -2.31. The molecule has 1 heterocycles. The number of likely N-dealkylation sites (tertiary alicyclic amines) is 1. The van der Waals surface area contributed by atoms with Crippen LogP contribution >= 0.6 is 0 Å². The number of carbonyl (C=O) groups excluding carboxylic acids is 6. The van der Waals surface area contributed by atoms with E-state index in [1.807, 2.05) is 31.2 Å². The van der Waals surface area contributed by atoms with Crippen molar-refractivity contribution in [2.24, 2.45) is 11.8 Å². The number of hydrogen-bond donors (Lipinski definition) is 6. The van der Waals surface area contributed by atoms with Crippen LogP contribution in [0.15, 0.2) is 24.3 Å². The monoisotopic (exact) mass is 685 g/mol. The predicted molar refractivity (Wildman–Crippen MR) is 175 cm³/mol. The summed E-state index contributed by atoms with van der Waals surface area (Å²) in [5.74, 6) is -6.36. The number of carboxylic acids is 2. The zero-order valence-electron chi connectivity index (χ0n) is 28.1. The highest BCUT2D eigenvalue weighted by molar-refractivity contribution is 5.95. The molecule has 2 aliphatic rings. The minimum absolute atomic E-state index is 0.0771. The second kappa shape index (κ2) is 18.1. The Morgan fingerprint density at radius 1 is 0.980 bits per heavy atom. The van der Waals surface area contributed by atoms with Crippen LogP contribution in [0.1, 0.15) is 76.8 Å². The van der Waals surface area contributed by atoms with Crippen LogP contribution in [0.5, 0.6) is 0 Å². The van der Waals surface area contributed by atoms with Gasteiger partial charge in [-0.1, -0.05) is 44.5 Å². The number of carbonyl (C=O) groups is 8. The molecule has 7 atom stereocenters. The Balaban J connectivity index is 1.88. The third-order valence-corrected chi connectivity index (χ3v) is 9.19. The van der Waals surface area contributed by atoms with Gasteiger partial charge < -0.3 is 41.2 Å². The van der Waals surface area contributed by atoms with Gasteiger partial charge in [-0.3, -0.25) is 33.6 Å². The largest absolute Gasteiger partial charge is 0.481 e. The molecule has 15 heteroatoms. The minimum atomic E-state index is -1.42. The molecule has 1 aliphatic carbocycles. The Morgan fingerprint density at radius 3 is 2.29 bits per heavy atom. The van der Waals surface area contributed by atoms with Crippen molar-refractivity contribution in [3.63, 3.8) is 0 Å². The number of aldehydes is 1. The van der Waals surface area contributed by atoms with Crippen LogP contribution in [0.4, 0.5) is 0 Å². The lowest BCUT2D eigenvalue weighted by atomic mass is 9.95. The van der Waals surface area contributed by atoms with E-state index in [0.717, 1.165) is 23.3 Å². The number of hydrogen-bond acceptors (Lipinski definition) is 8. The first-order chi connectivity index (χ1) is 23.2. The van der Waals surface area contributed by atoms with Gasteiger partial charge in [-0.15, -0.1) is 0 Å². The molecule has 1 unspecified atom stereocenters. The lowest BCUT2D eigenvalue weighted by Crippen LogP contribution is -2.58. The molecule has 3 rings (SSSR count). The molecule has 0 radical (unpaired) electrons.